The Hall–Kier alpha value is -2.66. The van der Waals surface area contributed by atoms with Crippen LogP contribution in [-0.2, 0) is 11.3 Å². The third kappa shape index (κ3) is 4.15. The minimum absolute atomic E-state index is 0.158. The molecule has 0 radical (unpaired) electrons. The fourth-order valence-electron chi connectivity index (χ4n) is 1.92. The highest BCUT2D eigenvalue weighted by Gasteiger charge is 2.07. The normalized spacial score (nSPS) is 10.0. The van der Waals surface area contributed by atoms with Crippen LogP contribution in [0.5, 0.6) is 0 Å². The Morgan fingerprint density at radius 2 is 1.67 bits per heavy atom. The molecule has 0 atom stereocenters. The summed E-state index contributed by atoms with van der Waals surface area (Å²) < 4.78 is 0. The Labute approximate surface area is 123 Å². The summed E-state index contributed by atoms with van der Waals surface area (Å²) in [6, 6.07) is 14.1. The third-order valence-corrected chi connectivity index (χ3v) is 2.87. The molecule has 0 aromatic heterocycles. The largest absolute Gasteiger partial charge is 0.326 e. The number of hydrogen-bond acceptors (Lipinski definition) is 3. The van der Waals surface area contributed by atoms with Crippen LogP contribution in [0.2, 0.25) is 0 Å². The maximum absolute atomic E-state index is 12.2. The maximum Gasteiger partial charge on any atom is 0.255 e. The second-order valence-corrected chi connectivity index (χ2v) is 4.62. The Morgan fingerprint density at radius 3 is 2.33 bits per heavy atom. The Morgan fingerprint density at radius 1 is 1.00 bits per heavy atom. The number of amides is 2. The molecule has 108 valence electrons. The first-order chi connectivity index (χ1) is 10.1. The molecule has 0 fully saturated rings. The predicted octanol–water partition coefficient (Wildman–Crippen LogP) is 2.36. The highest BCUT2D eigenvalue weighted by molar-refractivity contribution is 6.04. The highest BCUT2D eigenvalue weighted by Crippen LogP contribution is 2.16. The highest BCUT2D eigenvalue weighted by atomic mass is 16.2. The van der Waals surface area contributed by atoms with E-state index in [1.165, 1.54) is 6.92 Å². The summed E-state index contributed by atoms with van der Waals surface area (Å²) in [4.78, 5) is 23.2. The fourth-order valence-corrected chi connectivity index (χ4v) is 1.92. The summed E-state index contributed by atoms with van der Waals surface area (Å²) in [6.07, 6.45) is 0. The van der Waals surface area contributed by atoms with Crippen molar-refractivity contribution in [3.8, 4) is 0 Å². The first-order valence-electron chi connectivity index (χ1n) is 6.56. The summed E-state index contributed by atoms with van der Waals surface area (Å²) in [5.74, 6) is -0.376. The van der Waals surface area contributed by atoms with Gasteiger partial charge in [0.05, 0.1) is 0 Å². The standard InChI is InChI=1S/C16H17N3O2/c1-11(20)18-14-6-3-7-15(9-14)19-16(21)13-5-2-4-12(8-13)10-17/h2-9H,10,17H2,1H3,(H,18,20)(H,19,21). The summed E-state index contributed by atoms with van der Waals surface area (Å²) >= 11 is 0. The number of nitrogens with two attached hydrogens (primary N) is 1. The van der Waals surface area contributed by atoms with E-state index in [0.29, 0.717) is 23.5 Å². The smallest absolute Gasteiger partial charge is 0.255 e. The molecular formula is C16H17N3O2. The van der Waals surface area contributed by atoms with Crippen LogP contribution in [0.15, 0.2) is 48.5 Å². The van der Waals surface area contributed by atoms with Crippen LogP contribution < -0.4 is 16.4 Å². The molecule has 5 nitrogen and oxygen atoms in total. The molecule has 0 aliphatic heterocycles. The zero-order chi connectivity index (χ0) is 15.2. The zero-order valence-corrected chi connectivity index (χ0v) is 11.7. The van der Waals surface area contributed by atoms with Gasteiger partial charge in [0, 0.05) is 30.4 Å². The summed E-state index contributed by atoms with van der Waals surface area (Å²) in [5.41, 5.74) is 8.26. The average Bonchev–Trinajstić information content (AvgIpc) is 2.47. The minimum Gasteiger partial charge on any atom is -0.326 e. The number of carbonyl (C=O) groups excluding carboxylic acids is 2. The van der Waals surface area contributed by atoms with Crippen molar-refractivity contribution in [2.45, 2.75) is 13.5 Å². The van der Waals surface area contributed by atoms with Crippen LogP contribution in [-0.4, -0.2) is 11.8 Å². The van der Waals surface area contributed by atoms with Gasteiger partial charge in [-0.3, -0.25) is 9.59 Å². The molecule has 2 aromatic rings. The molecule has 2 rings (SSSR count). The first kappa shape index (κ1) is 14.7. The number of rotatable bonds is 4. The molecule has 0 unspecified atom stereocenters. The van der Waals surface area contributed by atoms with Gasteiger partial charge in [0.1, 0.15) is 0 Å². The van der Waals surface area contributed by atoms with Gasteiger partial charge >= 0.3 is 0 Å². The lowest BCUT2D eigenvalue weighted by molar-refractivity contribution is -0.114. The van der Waals surface area contributed by atoms with Gasteiger partial charge in [0.25, 0.3) is 5.91 Å². The summed E-state index contributed by atoms with van der Waals surface area (Å²) in [7, 11) is 0. The molecule has 0 aliphatic rings. The topological polar surface area (TPSA) is 84.2 Å². The van der Waals surface area contributed by atoms with E-state index in [2.05, 4.69) is 10.6 Å². The van der Waals surface area contributed by atoms with E-state index in [1.54, 1.807) is 42.5 Å². The number of anilines is 2. The molecule has 0 saturated carbocycles. The maximum atomic E-state index is 12.2. The monoisotopic (exact) mass is 283 g/mol. The van der Waals surface area contributed by atoms with E-state index in [9.17, 15) is 9.59 Å². The van der Waals surface area contributed by atoms with E-state index >= 15 is 0 Å². The van der Waals surface area contributed by atoms with Crippen molar-refractivity contribution in [3.63, 3.8) is 0 Å². The van der Waals surface area contributed by atoms with Crippen LogP contribution >= 0.6 is 0 Å². The summed E-state index contributed by atoms with van der Waals surface area (Å²) in [6.45, 7) is 1.82. The number of hydrogen-bond donors (Lipinski definition) is 3. The van der Waals surface area contributed by atoms with E-state index in [-0.39, 0.29) is 11.8 Å². The SMILES string of the molecule is CC(=O)Nc1cccc(NC(=O)c2cccc(CN)c2)c1. The molecule has 2 aromatic carbocycles. The molecule has 0 spiro atoms. The van der Waals surface area contributed by atoms with Gasteiger partial charge in [0.2, 0.25) is 5.91 Å². The molecule has 4 N–H and O–H groups in total. The van der Waals surface area contributed by atoms with Crippen LogP contribution in [0, 0.1) is 0 Å². The minimum atomic E-state index is -0.217. The molecule has 5 heteroatoms. The first-order valence-corrected chi connectivity index (χ1v) is 6.56. The summed E-state index contributed by atoms with van der Waals surface area (Å²) in [5, 5.41) is 5.46. The van der Waals surface area contributed by atoms with E-state index in [1.807, 2.05) is 6.07 Å². The fraction of sp³-hybridized carbons (Fsp3) is 0.125. The molecule has 0 aliphatic carbocycles. The van der Waals surface area contributed by atoms with Crippen molar-refractivity contribution in [3.05, 3.63) is 59.7 Å². The van der Waals surface area contributed by atoms with Crippen molar-refractivity contribution < 1.29 is 9.59 Å². The second kappa shape index (κ2) is 6.67. The average molecular weight is 283 g/mol. The number of carbonyl (C=O) groups is 2. The lowest BCUT2D eigenvalue weighted by Gasteiger charge is -2.08. The predicted molar refractivity (Wildman–Crippen MR) is 83.0 cm³/mol. The molecule has 0 bridgehead atoms. The van der Waals surface area contributed by atoms with Gasteiger partial charge in [-0.1, -0.05) is 18.2 Å². The van der Waals surface area contributed by atoms with E-state index < -0.39 is 0 Å². The molecule has 0 heterocycles. The van der Waals surface area contributed by atoms with Gasteiger partial charge in [-0.2, -0.15) is 0 Å². The van der Waals surface area contributed by atoms with Gasteiger partial charge in [0.15, 0.2) is 0 Å². The Kier molecular flexibility index (Phi) is 4.68. The van der Waals surface area contributed by atoms with Crippen LogP contribution in [0.4, 0.5) is 11.4 Å². The molecule has 21 heavy (non-hydrogen) atoms. The number of benzene rings is 2. The van der Waals surface area contributed by atoms with Crippen molar-refractivity contribution in [1.29, 1.82) is 0 Å². The van der Waals surface area contributed by atoms with E-state index in [4.69, 9.17) is 5.73 Å². The van der Waals surface area contributed by atoms with Crippen molar-refractivity contribution in [2.24, 2.45) is 5.73 Å². The molecule has 0 saturated heterocycles. The lowest BCUT2D eigenvalue weighted by atomic mass is 10.1. The van der Waals surface area contributed by atoms with Gasteiger partial charge in [-0.15, -0.1) is 0 Å². The van der Waals surface area contributed by atoms with Crippen LogP contribution in [0.1, 0.15) is 22.8 Å². The molecule has 2 amide bonds. The Bertz CT molecular complexity index is 668. The van der Waals surface area contributed by atoms with E-state index in [0.717, 1.165) is 5.56 Å². The van der Waals surface area contributed by atoms with Crippen molar-refractivity contribution in [2.75, 3.05) is 10.6 Å². The second-order valence-electron chi connectivity index (χ2n) is 4.62. The van der Waals surface area contributed by atoms with Gasteiger partial charge in [-0.05, 0) is 35.9 Å². The number of nitrogens with one attached hydrogen (secondary N) is 2. The third-order valence-electron chi connectivity index (χ3n) is 2.87. The van der Waals surface area contributed by atoms with Crippen molar-refractivity contribution >= 4 is 23.2 Å². The Balaban J connectivity index is 2.13. The zero-order valence-electron chi connectivity index (χ0n) is 11.7. The van der Waals surface area contributed by atoms with Gasteiger partial charge in [-0.25, -0.2) is 0 Å². The van der Waals surface area contributed by atoms with Gasteiger partial charge < -0.3 is 16.4 Å². The van der Waals surface area contributed by atoms with Crippen molar-refractivity contribution in [1.82, 2.24) is 0 Å². The quantitative estimate of drug-likeness (QED) is 0.805. The molecular weight excluding hydrogens is 266 g/mol. The van der Waals surface area contributed by atoms with Crippen LogP contribution in [0.25, 0.3) is 0 Å². The lowest BCUT2D eigenvalue weighted by Crippen LogP contribution is -2.13. The van der Waals surface area contributed by atoms with Crippen LogP contribution in [0.3, 0.4) is 0 Å².